The van der Waals surface area contributed by atoms with Gasteiger partial charge in [-0.2, -0.15) is 0 Å². The molecule has 0 aliphatic carbocycles. The number of hydrogen-bond donors (Lipinski definition) is 4. The molecule has 1 aliphatic heterocycles. The number of carbonyl (C=O) groups is 1. The summed E-state index contributed by atoms with van der Waals surface area (Å²) in [5, 5.41) is 20.2. The molecule has 1 aliphatic rings. The van der Waals surface area contributed by atoms with Gasteiger partial charge in [0, 0.05) is 5.69 Å². The second-order valence-electron chi connectivity index (χ2n) is 5.12. The molecule has 2 rings (SSSR count). The van der Waals surface area contributed by atoms with Gasteiger partial charge in [0.2, 0.25) is 12.2 Å². The molecule has 0 radical (unpaired) electrons. The lowest BCUT2D eigenvalue weighted by molar-refractivity contribution is -0.276. The van der Waals surface area contributed by atoms with Crippen molar-refractivity contribution in [1.29, 1.82) is 0 Å². The Balaban J connectivity index is 2.07. The minimum absolute atomic E-state index is 0.417. The van der Waals surface area contributed by atoms with Gasteiger partial charge in [-0.1, -0.05) is 0 Å². The Morgan fingerprint density at radius 1 is 1.27 bits per heavy atom. The van der Waals surface area contributed by atoms with Crippen molar-refractivity contribution in [2.45, 2.75) is 37.6 Å². The number of rotatable bonds is 5. The van der Waals surface area contributed by atoms with Crippen molar-refractivity contribution in [2.24, 2.45) is 5.73 Å². The first-order valence-corrected chi connectivity index (χ1v) is 6.82. The maximum Gasteiger partial charge on any atom is 0.243 e. The van der Waals surface area contributed by atoms with E-state index in [-0.39, 0.29) is 0 Å². The van der Waals surface area contributed by atoms with Crippen molar-refractivity contribution in [1.82, 2.24) is 0 Å². The van der Waals surface area contributed by atoms with Gasteiger partial charge in [-0.3, -0.25) is 4.79 Å². The van der Waals surface area contributed by atoms with Crippen LogP contribution in [-0.2, 0) is 14.3 Å². The summed E-state index contributed by atoms with van der Waals surface area (Å²) in [6.07, 6.45) is -5.15. The van der Waals surface area contributed by atoms with Gasteiger partial charge in [-0.15, -0.1) is 0 Å². The lowest BCUT2D eigenvalue weighted by Gasteiger charge is -2.40. The summed E-state index contributed by atoms with van der Waals surface area (Å²) >= 11 is 0. The molecule has 0 bridgehead atoms. The topological polar surface area (TPSA) is 137 Å². The lowest BCUT2D eigenvalue weighted by Crippen LogP contribution is -2.59. The lowest BCUT2D eigenvalue weighted by atomic mass is 9.99. The standard InChI is InChI=1S/C14H20N2O6/c1-7-11(18)13(20-6-10(16)17)12(19)14(21-7)22-9-4-2-8(15)3-5-9/h2-5,7,11-14,18-19H,6,15H2,1H3,(H2,16,17). The molecule has 6 N–H and O–H groups in total. The zero-order valence-electron chi connectivity index (χ0n) is 12.1. The summed E-state index contributed by atoms with van der Waals surface area (Å²) in [5.74, 6) is -0.259. The van der Waals surface area contributed by atoms with Crippen molar-refractivity contribution < 1.29 is 29.2 Å². The largest absolute Gasteiger partial charge is 0.462 e. The van der Waals surface area contributed by atoms with Crippen LogP contribution in [0.5, 0.6) is 5.75 Å². The normalized spacial score (nSPS) is 31.7. The summed E-state index contributed by atoms with van der Waals surface area (Å²) in [4.78, 5) is 10.8. The van der Waals surface area contributed by atoms with Crippen LogP contribution in [0.3, 0.4) is 0 Å². The molecule has 5 unspecified atom stereocenters. The van der Waals surface area contributed by atoms with Crippen LogP contribution in [0, 0.1) is 0 Å². The quantitative estimate of drug-likeness (QED) is 0.511. The molecule has 8 heteroatoms. The number of amides is 1. The predicted molar refractivity (Wildman–Crippen MR) is 76.8 cm³/mol. The minimum atomic E-state index is -1.29. The number of hydrogen-bond acceptors (Lipinski definition) is 7. The Kier molecular flexibility index (Phi) is 5.19. The molecule has 0 aromatic heterocycles. The molecule has 1 heterocycles. The molecule has 5 atom stereocenters. The number of nitrogen functional groups attached to an aromatic ring is 1. The third-order valence-corrected chi connectivity index (χ3v) is 3.33. The number of aliphatic hydroxyl groups excluding tert-OH is 2. The fourth-order valence-corrected chi connectivity index (χ4v) is 2.15. The molecule has 1 aromatic carbocycles. The Morgan fingerprint density at radius 2 is 1.91 bits per heavy atom. The first kappa shape index (κ1) is 16.5. The van der Waals surface area contributed by atoms with E-state index in [4.69, 9.17) is 25.7 Å². The molecule has 8 nitrogen and oxygen atoms in total. The van der Waals surface area contributed by atoms with Crippen LogP contribution in [0.1, 0.15) is 6.92 Å². The highest BCUT2D eigenvalue weighted by Gasteiger charge is 2.45. The van der Waals surface area contributed by atoms with E-state index >= 15 is 0 Å². The molecule has 1 saturated heterocycles. The molecule has 0 saturated carbocycles. The van der Waals surface area contributed by atoms with E-state index in [9.17, 15) is 15.0 Å². The van der Waals surface area contributed by atoms with Crippen LogP contribution < -0.4 is 16.2 Å². The molecular weight excluding hydrogens is 292 g/mol. The van der Waals surface area contributed by atoms with E-state index in [0.29, 0.717) is 11.4 Å². The first-order valence-electron chi connectivity index (χ1n) is 6.82. The Morgan fingerprint density at radius 3 is 2.50 bits per heavy atom. The maximum absolute atomic E-state index is 10.8. The highest BCUT2D eigenvalue weighted by molar-refractivity contribution is 5.75. The van der Waals surface area contributed by atoms with Crippen LogP contribution in [0.15, 0.2) is 24.3 Å². The monoisotopic (exact) mass is 312 g/mol. The second kappa shape index (κ2) is 6.93. The van der Waals surface area contributed by atoms with Crippen LogP contribution in [0.25, 0.3) is 0 Å². The van der Waals surface area contributed by atoms with E-state index in [0.717, 1.165) is 0 Å². The fourth-order valence-electron chi connectivity index (χ4n) is 2.15. The maximum atomic E-state index is 10.8. The molecule has 0 spiro atoms. The number of nitrogens with two attached hydrogens (primary N) is 2. The Labute approximate surface area is 127 Å². The smallest absolute Gasteiger partial charge is 0.243 e. The number of ether oxygens (including phenoxy) is 3. The van der Waals surface area contributed by atoms with Gasteiger partial charge in [0.1, 0.15) is 30.7 Å². The van der Waals surface area contributed by atoms with Gasteiger partial charge in [-0.05, 0) is 31.2 Å². The van der Waals surface area contributed by atoms with Gasteiger partial charge in [0.15, 0.2) is 0 Å². The van der Waals surface area contributed by atoms with Crippen LogP contribution >= 0.6 is 0 Å². The first-order chi connectivity index (χ1) is 10.4. The van der Waals surface area contributed by atoms with Gasteiger partial charge in [0.05, 0.1) is 6.10 Å². The summed E-state index contributed by atoms with van der Waals surface area (Å²) in [7, 11) is 0. The van der Waals surface area contributed by atoms with E-state index in [1.165, 1.54) is 0 Å². The summed E-state index contributed by atoms with van der Waals surface area (Å²) in [5.41, 5.74) is 11.2. The second-order valence-corrected chi connectivity index (χ2v) is 5.12. The highest BCUT2D eigenvalue weighted by atomic mass is 16.7. The van der Waals surface area contributed by atoms with Gasteiger partial charge < -0.3 is 35.9 Å². The van der Waals surface area contributed by atoms with Crippen molar-refractivity contribution in [3.63, 3.8) is 0 Å². The SMILES string of the molecule is CC1OC(Oc2ccc(N)cc2)C(O)C(OCC(N)=O)C1O. The van der Waals surface area contributed by atoms with Crippen LogP contribution in [0.4, 0.5) is 5.69 Å². The minimum Gasteiger partial charge on any atom is -0.462 e. The third kappa shape index (κ3) is 3.86. The number of carbonyl (C=O) groups excluding carboxylic acids is 1. The van der Waals surface area contributed by atoms with Crippen molar-refractivity contribution in [3.05, 3.63) is 24.3 Å². The number of primary amides is 1. The molecule has 122 valence electrons. The summed E-state index contributed by atoms with van der Waals surface area (Å²) < 4.78 is 16.1. The zero-order chi connectivity index (χ0) is 16.3. The number of aliphatic hydroxyl groups is 2. The van der Waals surface area contributed by atoms with Crippen molar-refractivity contribution in [3.8, 4) is 5.75 Å². The third-order valence-electron chi connectivity index (χ3n) is 3.33. The fraction of sp³-hybridized carbons (Fsp3) is 0.500. The van der Waals surface area contributed by atoms with Crippen LogP contribution in [0.2, 0.25) is 0 Å². The van der Waals surface area contributed by atoms with Gasteiger partial charge in [-0.25, -0.2) is 0 Å². The van der Waals surface area contributed by atoms with Crippen LogP contribution in [-0.4, -0.2) is 53.4 Å². The molecule has 1 aromatic rings. The van der Waals surface area contributed by atoms with E-state index in [2.05, 4.69) is 0 Å². The number of benzene rings is 1. The highest BCUT2D eigenvalue weighted by Crippen LogP contribution is 2.26. The molecular formula is C14H20N2O6. The van der Waals surface area contributed by atoms with E-state index < -0.39 is 43.2 Å². The van der Waals surface area contributed by atoms with Gasteiger partial charge >= 0.3 is 0 Å². The van der Waals surface area contributed by atoms with E-state index in [1.54, 1.807) is 31.2 Å². The van der Waals surface area contributed by atoms with E-state index in [1.807, 2.05) is 0 Å². The molecule has 1 fully saturated rings. The van der Waals surface area contributed by atoms with Gasteiger partial charge in [0.25, 0.3) is 0 Å². The average Bonchev–Trinajstić information content (AvgIpc) is 2.46. The molecule has 1 amide bonds. The Bertz CT molecular complexity index is 509. The zero-order valence-corrected chi connectivity index (χ0v) is 12.1. The van der Waals surface area contributed by atoms with Crippen molar-refractivity contribution >= 4 is 11.6 Å². The van der Waals surface area contributed by atoms with Crippen molar-refractivity contribution in [2.75, 3.05) is 12.3 Å². The molecule has 22 heavy (non-hydrogen) atoms. The summed E-state index contributed by atoms with van der Waals surface area (Å²) in [6, 6.07) is 6.54. The number of anilines is 1. The Hall–Kier alpha value is -1.87. The average molecular weight is 312 g/mol. The summed E-state index contributed by atoms with van der Waals surface area (Å²) in [6.45, 7) is 1.19. The predicted octanol–water partition coefficient (Wildman–Crippen LogP) is -1.02.